The monoisotopic (exact) mass is 718 g/mol. The summed E-state index contributed by atoms with van der Waals surface area (Å²) in [5, 5.41) is 10.0. The first-order valence-corrected chi connectivity index (χ1v) is 22.0. The number of unbranched alkanes of at least 4 members (excludes halogenated alkanes) is 3. The third-order valence-electron chi connectivity index (χ3n) is 14.3. The van der Waals surface area contributed by atoms with E-state index in [2.05, 4.69) is 47.4 Å². The largest absolute Gasteiger partial charge is 0.507 e. The molecule has 1 saturated heterocycles. The van der Waals surface area contributed by atoms with E-state index in [1.54, 1.807) is 10.5 Å². The first kappa shape index (κ1) is 39.9. The molecule has 4 aliphatic carbocycles. The lowest BCUT2D eigenvalue weighted by Gasteiger charge is -2.58. The molecule has 5 rings (SSSR count). The molecule has 5 aliphatic rings. The van der Waals surface area contributed by atoms with Gasteiger partial charge in [0.25, 0.3) is 0 Å². The molecule has 2 N–H and O–H groups in total. The van der Waals surface area contributed by atoms with E-state index in [1.165, 1.54) is 51.4 Å². The number of fused-ring (bicyclic) bond motifs is 5. The molecule has 50 heavy (non-hydrogen) atoms. The van der Waals surface area contributed by atoms with Crippen LogP contribution in [0.5, 0.6) is 0 Å². The van der Waals surface area contributed by atoms with Crippen molar-refractivity contribution < 1.29 is 33.4 Å². The van der Waals surface area contributed by atoms with E-state index in [9.17, 15) is 24.2 Å². The summed E-state index contributed by atoms with van der Waals surface area (Å²) in [4.78, 5) is 36.5. The fourth-order valence-electron chi connectivity index (χ4n) is 11.6. The van der Waals surface area contributed by atoms with Gasteiger partial charge in [-0.25, -0.2) is 4.57 Å². The lowest BCUT2D eigenvalue weighted by Crippen LogP contribution is -2.51. The van der Waals surface area contributed by atoms with Gasteiger partial charge in [-0.15, -0.1) is 0 Å². The Labute approximate surface area is 303 Å². The van der Waals surface area contributed by atoms with Crippen LogP contribution in [-0.4, -0.2) is 58.2 Å². The molecule has 9 heteroatoms. The molecule has 284 valence electrons. The summed E-state index contributed by atoms with van der Waals surface area (Å²) >= 11 is 0. The summed E-state index contributed by atoms with van der Waals surface area (Å²) in [7, 11) is -3.89. The Kier molecular flexibility index (Phi) is 13.4. The van der Waals surface area contributed by atoms with Gasteiger partial charge in [0.05, 0.1) is 18.8 Å². The van der Waals surface area contributed by atoms with E-state index in [-0.39, 0.29) is 36.5 Å². The summed E-state index contributed by atoms with van der Waals surface area (Å²) in [6.07, 6.45) is 20.0. The zero-order valence-electron chi connectivity index (χ0n) is 32.0. The number of likely N-dealkylation sites (tertiary alicyclic amines) is 1. The van der Waals surface area contributed by atoms with Crippen LogP contribution in [0.4, 0.5) is 0 Å². The van der Waals surface area contributed by atoms with Gasteiger partial charge in [0.2, 0.25) is 5.91 Å². The summed E-state index contributed by atoms with van der Waals surface area (Å²) < 4.78 is 22.4. The molecular formula is C41H69NO7P+. The topological polar surface area (TPSA) is 113 Å². The fraction of sp³-hybridized carbons (Fsp3) is 0.878. The number of aliphatic hydroxyl groups is 1. The first-order chi connectivity index (χ1) is 23.6. The van der Waals surface area contributed by atoms with E-state index in [4.69, 9.17) is 9.26 Å². The second kappa shape index (κ2) is 16.8. The van der Waals surface area contributed by atoms with Crippen molar-refractivity contribution in [2.24, 2.45) is 46.3 Å². The minimum Gasteiger partial charge on any atom is -0.462 e. The molecule has 1 aliphatic heterocycles. The first-order valence-electron chi connectivity index (χ1n) is 20.3. The number of rotatable bonds is 16. The van der Waals surface area contributed by atoms with Crippen LogP contribution in [0.1, 0.15) is 150 Å². The van der Waals surface area contributed by atoms with Crippen LogP contribution in [0.3, 0.4) is 0 Å². The lowest BCUT2D eigenvalue weighted by molar-refractivity contribution is -0.151. The van der Waals surface area contributed by atoms with E-state index < -0.39 is 19.7 Å². The summed E-state index contributed by atoms with van der Waals surface area (Å²) in [6, 6.07) is -0.422. The maximum absolute atomic E-state index is 12.9. The number of carbonyl (C=O) groups excluding carboxylic acids is 2. The third-order valence-corrected chi connectivity index (χ3v) is 14.8. The highest BCUT2D eigenvalue weighted by Crippen LogP contribution is 2.67. The highest BCUT2D eigenvalue weighted by atomic mass is 31.2. The Morgan fingerprint density at radius 2 is 1.74 bits per heavy atom. The highest BCUT2D eigenvalue weighted by molar-refractivity contribution is 7.54. The molecule has 1 heterocycles. The van der Waals surface area contributed by atoms with Gasteiger partial charge in [0.1, 0.15) is 6.10 Å². The maximum Gasteiger partial charge on any atom is 0.507 e. The number of aliphatic hydroxyl groups excluding tert-OH is 1. The molecule has 4 fully saturated rings. The van der Waals surface area contributed by atoms with Crippen LogP contribution >= 0.6 is 7.60 Å². The fourth-order valence-corrected chi connectivity index (χ4v) is 12.0. The minimum absolute atomic E-state index is 0.0108. The number of ether oxygens (including phenoxy) is 1. The molecule has 0 bridgehead atoms. The van der Waals surface area contributed by atoms with Gasteiger partial charge in [-0.3, -0.25) is 19.0 Å². The smallest absolute Gasteiger partial charge is 0.462 e. The summed E-state index contributed by atoms with van der Waals surface area (Å²) in [5.74, 6) is 4.76. The summed E-state index contributed by atoms with van der Waals surface area (Å²) in [6.45, 7) is 15.7. The van der Waals surface area contributed by atoms with E-state index in [0.29, 0.717) is 31.1 Å². The quantitative estimate of drug-likeness (QED) is 0.0538. The number of hydrogen-bond acceptors (Lipinski definition) is 6. The molecule has 11 atom stereocenters. The van der Waals surface area contributed by atoms with Gasteiger partial charge < -0.3 is 14.7 Å². The maximum atomic E-state index is 12.9. The molecule has 1 amide bonds. The van der Waals surface area contributed by atoms with Crippen LogP contribution in [0.2, 0.25) is 0 Å². The molecule has 6 unspecified atom stereocenters. The zero-order chi connectivity index (χ0) is 36.3. The van der Waals surface area contributed by atoms with Crippen LogP contribution in [0.25, 0.3) is 0 Å². The molecule has 3 saturated carbocycles. The Balaban J connectivity index is 1.02. The number of carbonyl (C=O) groups is 2. The van der Waals surface area contributed by atoms with Crippen LogP contribution in [0.15, 0.2) is 11.6 Å². The number of hydrogen-bond donors (Lipinski definition) is 2. The predicted octanol–water partition coefficient (Wildman–Crippen LogP) is 9.24. The Bertz CT molecular complexity index is 1250. The third kappa shape index (κ3) is 9.41. The molecule has 8 nitrogen and oxygen atoms in total. The molecule has 0 aromatic carbocycles. The molecule has 0 spiro atoms. The summed E-state index contributed by atoms with van der Waals surface area (Å²) in [5.41, 5.74) is 2.31. The second-order valence-electron chi connectivity index (χ2n) is 18.1. The lowest BCUT2D eigenvalue weighted by atomic mass is 9.47. The molecule has 0 aromatic rings. The number of β-amino-alcohol motifs (C(OH)–C–C–N with tert-alkyl or cyclic N) is 1. The Morgan fingerprint density at radius 3 is 2.46 bits per heavy atom. The van der Waals surface area contributed by atoms with Crippen molar-refractivity contribution in [2.75, 3.05) is 13.2 Å². The van der Waals surface area contributed by atoms with Gasteiger partial charge in [0.15, 0.2) is 6.66 Å². The van der Waals surface area contributed by atoms with E-state index in [1.807, 2.05) is 0 Å². The standard InChI is InChI=1S/C41H68NO7P/c1-28(2)12-11-13-29(3)35-18-19-36-34-17-16-30-24-33(20-22-40(30,4)37(34)21-23-41(35,36)5)49-39(45)15-10-8-7-9-14-38(44)42-26-32(43)25-31(42)27-48-50(6,46)47/h16,28-29,31-37,43H,6-15,17-27H2,1-5H3/p+1/t29?,31?,32-,33+,34?,35-,36?,37?,40+,41-/m1/s1. The predicted molar refractivity (Wildman–Crippen MR) is 198 cm³/mol. The molecule has 0 radical (unpaired) electrons. The van der Waals surface area contributed by atoms with Gasteiger partial charge in [-0.05, 0) is 111 Å². The van der Waals surface area contributed by atoms with Crippen molar-refractivity contribution in [2.45, 2.75) is 168 Å². The normalized spacial score (nSPS) is 37.0. The van der Waals surface area contributed by atoms with Crippen molar-refractivity contribution in [1.82, 2.24) is 4.90 Å². The van der Waals surface area contributed by atoms with Gasteiger partial charge >= 0.3 is 13.6 Å². The molecular weight excluding hydrogens is 649 g/mol. The van der Waals surface area contributed by atoms with Crippen molar-refractivity contribution in [3.8, 4) is 0 Å². The second-order valence-corrected chi connectivity index (χ2v) is 19.6. The number of allylic oxidation sites excluding steroid dienone is 1. The van der Waals surface area contributed by atoms with E-state index >= 15 is 0 Å². The zero-order valence-corrected chi connectivity index (χ0v) is 32.8. The van der Waals surface area contributed by atoms with Crippen LogP contribution in [-0.2, 0) is 23.4 Å². The minimum atomic E-state index is -3.89. The number of nitrogens with zero attached hydrogens (tertiary/aromatic N) is 1. The number of esters is 1. The number of amides is 1. The SMILES string of the molecule is [CH2+]P(=O)(O)OCC1C[C@@H](O)CN1C(=O)CCCCCCC(=O)O[C@H]1CC[C@@]2(C)C(=CCC3C2CC[C@@]2(C)C3CC[C@@H]2C(C)CCCC(C)C)C1. The molecule has 0 aromatic heterocycles. The highest BCUT2D eigenvalue weighted by Gasteiger charge is 2.59. The average molecular weight is 719 g/mol. The van der Waals surface area contributed by atoms with Crippen molar-refractivity contribution in [3.63, 3.8) is 0 Å². The van der Waals surface area contributed by atoms with Crippen molar-refractivity contribution in [1.29, 1.82) is 0 Å². The van der Waals surface area contributed by atoms with Crippen molar-refractivity contribution in [3.05, 3.63) is 18.3 Å². The van der Waals surface area contributed by atoms with Crippen molar-refractivity contribution >= 4 is 19.5 Å². The average Bonchev–Trinajstić information content (AvgIpc) is 3.60. The Hall–Kier alpha value is -1.34. The van der Waals surface area contributed by atoms with Crippen LogP contribution < -0.4 is 0 Å². The van der Waals surface area contributed by atoms with Gasteiger partial charge in [0, 0.05) is 25.8 Å². The van der Waals surface area contributed by atoms with E-state index in [0.717, 1.165) is 74.0 Å². The van der Waals surface area contributed by atoms with Crippen LogP contribution in [0, 0.1) is 53.0 Å². The van der Waals surface area contributed by atoms with Gasteiger partial charge in [-0.1, -0.05) is 78.4 Å². The van der Waals surface area contributed by atoms with Gasteiger partial charge in [-0.2, -0.15) is 0 Å². The Morgan fingerprint density at radius 1 is 1.00 bits per heavy atom.